The van der Waals surface area contributed by atoms with E-state index in [1.54, 1.807) is 0 Å². The molecule has 0 fully saturated rings. The van der Waals surface area contributed by atoms with Crippen LogP contribution >= 0.6 is 7.82 Å². The number of phosphoric acid groups is 1. The number of carboxylic acids is 1. The summed E-state index contributed by atoms with van der Waals surface area (Å²) in [4.78, 5) is 33.5. The molecule has 0 aliphatic rings. The van der Waals surface area contributed by atoms with Gasteiger partial charge in [0.2, 0.25) is 0 Å². The van der Waals surface area contributed by atoms with Gasteiger partial charge in [-0.25, -0.2) is 4.57 Å². The number of nitrogens with two attached hydrogens (primary N) is 1. The minimum atomic E-state index is -4.61. The molecule has 0 spiro atoms. The van der Waals surface area contributed by atoms with Crippen LogP contribution in [0.15, 0.2) is 24.3 Å². The number of hydrogen-bond donors (Lipinski definition) is 3. The van der Waals surface area contributed by atoms with Crippen LogP contribution in [0.2, 0.25) is 0 Å². The van der Waals surface area contributed by atoms with Gasteiger partial charge in [0.15, 0.2) is 0 Å². The Kier molecular flexibility index (Phi) is 37.6. The standard InChI is InChI=1S/C42H80NO9P/c1-3-5-7-9-11-13-15-17-18-19-20-21-23-25-27-29-31-33-35-49-36-39(37-50-53(47,48)51-38-40(43)42(45)46)52-41(44)34-32-30-28-26-24-22-16-14-12-10-8-6-4-2/h8,10,14,16,39-40H,3-7,9,11-13,15,17-38,43H2,1-2H3,(H,45,46)(H,47,48)/b10-8-,16-14-. The van der Waals surface area contributed by atoms with Crippen molar-refractivity contribution in [3.63, 3.8) is 0 Å². The predicted molar refractivity (Wildman–Crippen MR) is 217 cm³/mol. The molecule has 0 amide bonds. The monoisotopic (exact) mass is 774 g/mol. The fourth-order valence-corrected chi connectivity index (χ4v) is 6.66. The van der Waals surface area contributed by atoms with E-state index in [-0.39, 0.29) is 13.0 Å². The first-order valence-corrected chi connectivity index (χ1v) is 22.9. The highest BCUT2D eigenvalue weighted by molar-refractivity contribution is 7.47. The molecule has 11 heteroatoms. The van der Waals surface area contributed by atoms with Gasteiger partial charge in [0.25, 0.3) is 0 Å². The van der Waals surface area contributed by atoms with Gasteiger partial charge >= 0.3 is 19.8 Å². The van der Waals surface area contributed by atoms with E-state index in [9.17, 15) is 19.0 Å². The second-order valence-corrected chi connectivity index (χ2v) is 15.9. The average molecular weight is 774 g/mol. The smallest absolute Gasteiger partial charge is 0.472 e. The van der Waals surface area contributed by atoms with Crippen LogP contribution in [0.4, 0.5) is 0 Å². The summed E-state index contributed by atoms with van der Waals surface area (Å²) in [5, 5.41) is 8.88. The molecular formula is C42H80NO9P. The van der Waals surface area contributed by atoms with E-state index in [1.807, 2.05) is 0 Å². The van der Waals surface area contributed by atoms with Crippen LogP contribution in [0, 0.1) is 0 Å². The Balaban J connectivity index is 4.21. The van der Waals surface area contributed by atoms with Crippen molar-refractivity contribution in [1.29, 1.82) is 0 Å². The quantitative estimate of drug-likeness (QED) is 0.0237. The molecule has 0 aliphatic heterocycles. The molecule has 0 heterocycles. The van der Waals surface area contributed by atoms with Crippen molar-refractivity contribution in [2.24, 2.45) is 5.73 Å². The van der Waals surface area contributed by atoms with Crippen molar-refractivity contribution >= 4 is 19.8 Å². The van der Waals surface area contributed by atoms with Crippen LogP contribution < -0.4 is 5.73 Å². The molecule has 10 nitrogen and oxygen atoms in total. The molecule has 312 valence electrons. The van der Waals surface area contributed by atoms with Crippen LogP contribution in [0.1, 0.15) is 194 Å². The molecule has 3 unspecified atom stereocenters. The molecule has 0 aromatic heterocycles. The number of carboxylic acid groups (broad SMARTS) is 1. The SMILES string of the molecule is CCC/C=C\C/C=C\CCCCCCCC(=O)OC(COCCCCCCCCCCCCCCCCCCCC)COP(=O)(O)OCC(N)C(=O)O. The summed E-state index contributed by atoms with van der Waals surface area (Å²) in [5.74, 6) is -1.79. The Morgan fingerprint density at radius 2 is 1.08 bits per heavy atom. The van der Waals surface area contributed by atoms with Gasteiger partial charge in [-0.1, -0.05) is 173 Å². The molecule has 3 atom stereocenters. The third kappa shape index (κ3) is 38.5. The van der Waals surface area contributed by atoms with Gasteiger partial charge in [-0.2, -0.15) is 0 Å². The lowest BCUT2D eigenvalue weighted by atomic mass is 10.0. The Morgan fingerprint density at radius 1 is 0.604 bits per heavy atom. The Hall–Kier alpha value is -1.55. The molecule has 0 aliphatic carbocycles. The Morgan fingerprint density at radius 3 is 1.60 bits per heavy atom. The predicted octanol–water partition coefficient (Wildman–Crippen LogP) is 11.5. The fraction of sp³-hybridized carbons (Fsp3) is 0.857. The number of carbonyl (C=O) groups excluding carboxylic acids is 1. The topological polar surface area (TPSA) is 155 Å². The maximum Gasteiger partial charge on any atom is 0.472 e. The van der Waals surface area contributed by atoms with Gasteiger partial charge in [0.1, 0.15) is 12.1 Å². The van der Waals surface area contributed by atoms with Gasteiger partial charge in [-0.3, -0.25) is 18.6 Å². The second kappa shape index (κ2) is 38.7. The molecule has 0 aromatic rings. The first-order chi connectivity index (χ1) is 25.7. The van der Waals surface area contributed by atoms with Crippen LogP contribution in [-0.2, 0) is 32.7 Å². The summed E-state index contributed by atoms with van der Waals surface area (Å²) < 4.78 is 33.3. The van der Waals surface area contributed by atoms with E-state index >= 15 is 0 Å². The van der Waals surface area contributed by atoms with Crippen molar-refractivity contribution in [2.75, 3.05) is 26.4 Å². The summed E-state index contributed by atoms with van der Waals surface area (Å²) >= 11 is 0. The highest BCUT2D eigenvalue weighted by Gasteiger charge is 2.27. The number of carbonyl (C=O) groups is 2. The van der Waals surface area contributed by atoms with E-state index < -0.39 is 45.1 Å². The first kappa shape index (κ1) is 51.5. The van der Waals surface area contributed by atoms with Crippen molar-refractivity contribution in [2.45, 2.75) is 206 Å². The summed E-state index contributed by atoms with van der Waals surface area (Å²) in [6.07, 6.45) is 40.9. The number of ether oxygens (including phenoxy) is 2. The van der Waals surface area contributed by atoms with E-state index in [0.29, 0.717) is 13.0 Å². The number of aliphatic carboxylic acids is 1. The third-order valence-corrected chi connectivity index (χ3v) is 10.2. The zero-order valence-electron chi connectivity index (χ0n) is 33.9. The van der Waals surface area contributed by atoms with Gasteiger partial charge in [0, 0.05) is 13.0 Å². The van der Waals surface area contributed by atoms with Crippen LogP contribution in [-0.4, -0.2) is 60.5 Å². The number of esters is 1. The molecule has 0 rings (SSSR count). The molecular weight excluding hydrogens is 693 g/mol. The van der Waals surface area contributed by atoms with Crippen molar-refractivity contribution < 1.29 is 42.7 Å². The van der Waals surface area contributed by atoms with Gasteiger partial charge in [-0.05, 0) is 38.5 Å². The largest absolute Gasteiger partial charge is 0.480 e. The van der Waals surface area contributed by atoms with Gasteiger partial charge in [-0.15, -0.1) is 0 Å². The maximum atomic E-state index is 12.6. The summed E-state index contributed by atoms with van der Waals surface area (Å²) in [5.41, 5.74) is 5.35. The van der Waals surface area contributed by atoms with Crippen LogP contribution in [0.25, 0.3) is 0 Å². The Bertz CT molecular complexity index is 946. The molecule has 0 aromatic carbocycles. The van der Waals surface area contributed by atoms with Crippen molar-refractivity contribution in [3.8, 4) is 0 Å². The maximum absolute atomic E-state index is 12.6. The normalized spacial score (nSPS) is 14.2. The molecule has 0 radical (unpaired) electrons. The van der Waals surface area contributed by atoms with E-state index in [0.717, 1.165) is 64.2 Å². The van der Waals surface area contributed by atoms with E-state index in [2.05, 4.69) is 38.2 Å². The van der Waals surface area contributed by atoms with E-state index in [4.69, 9.17) is 29.4 Å². The molecule has 0 saturated carbocycles. The van der Waals surface area contributed by atoms with Crippen molar-refractivity contribution in [1.82, 2.24) is 0 Å². The zero-order chi connectivity index (χ0) is 39.1. The summed E-state index contributed by atoms with van der Waals surface area (Å²) in [6.45, 7) is 3.82. The number of unbranched alkanes of at least 4 members (excludes halogenated alkanes) is 23. The molecule has 53 heavy (non-hydrogen) atoms. The van der Waals surface area contributed by atoms with E-state index in [1.165, 1.54) is 103 Å². The number of allylic oxidation sites excluding steroid dienone is 4. The molecule has 4 N–H and O–H groups in total. The lowest BCUT2D eigenvalue weighted by Crippen LogP contribution is -2.34. The number of rotatable bonds is 41. The second-order valence-electron chi connectivity index (χ2n) is 14.5. The number of hydrogen-bond acceptors (Lipinski definition) is 8. The third-order valence-electron chi connectivity index (χ3n) is 9.21. The minimum Gasteiger partial charge on any atom is -0.480 e. The van der Waals surface area contributed by atoms with Crippen LogP contribution in [0.3, 0.4) is 0 Å². The fourth-order valence-electron chi connectivity index (χ4n) is 5.88. The molecule has 0 saturated heterocycles. The average Bonchev–Trinajstić information content (AvgIpc) is 3.13. The Labute approximate surface area is 324 Å². The lowest BCUT2D eigenvalue weighted by Gasteiger charge is -2.20. The molecule has 0 bridgehead atoms. The van der Waals surface area contributed by atoms with Gasteiger partial charge < -0.3 is 25.2 Å². The summed E-state index contributed by atoms with van der Waals surface area (Å²) in [7, 11) is -4.61. The minimum absolute atomic E-state index is 0.0151. The number of phosphoric ester groups is 1. The lowest BCUT2D eigenvalue weighted by molar-refractivity contribution is -0.154. The summed E-state index contributed by atoms with van der Waals surface area (Å²) in [6, 6.07) is -1.47. The zero-order valence-corrected chi connectivity index (χ0v) is 34.8. The highest BCUT2D eigenvalue weighted by atomic mass is 31.2. The van der Waals surface area contributed by atoms with Gasteiger partial charge in [0.05, 0.1) is 19.8 Å². The first-order valence-electron chi connectivity index (χ1n) is 21.4. The van der Waals surface area contributed by atoms with Crippen molar-refractivity contribution in [3.05, 3.63) is 24.3 Å². The van der Waals surface area contributed by atoms with Crippen LogP contribution in [0.5, 0.6) is 0 Å². The highest BCUT2D eigenvalue weighted by Crippen LogP contribution is 2.43.